The van der Waals surface area contributed by atoms with Crippen LogP contribution in [0.5, 0.6) is 0 Å². The molecule has 0 saturated carbocycles. The summed E-state index contributed by atoms with van der Waals surface area (Å²) in [6.45, 7) is 0.384. The lowest BCUT2D eigenvalue weighted by molar-refractivity contribution is 0.902. The number of pyridine rings is 1. The lowest BCUT2D eigenvalue weighted by atomic mass is 10.3. The van der Waals surface area contributed by atoms with E-state index in [2.05, 4.69) is 4.98 Å². The van der Waals surface area contributed by atoms with Gasteiger partial charge in [0, 0.05) is 26.0 Å². The van der Waals surface area contributed by atoms with Gasteiger partial charge in [-0.1, -0.05) is 11.6 Å². The van der Waals surface area contributed by atoms with Crippen molar-refractivity contribution in [1.82, 2.24) is 9.38 Å². The molecule has 2 N–H and O–H groups in total. The van der Waals surface area contributed by atoms with E-state index in [9.17, 15) is 0 Å². The van der Waals surface area contributed by atoms with Gasteiger partial charge in [-0.05, 0) is 12.1 Å². The second-order valence-corrected chi connectivity index (χ2v) is 3.92. The number of aromatic nitrogens is 2. The highest BCUT2D eigenvalue weighted by Gasteiger charge is 2.08. The molecule has 2 heterocycles. The van der Waals surface area contributed by atoms with Gasteiger partial charge in [0.05, 0.1) is 12.1 Å². The molecular formula is C10H13ClN4. The third-order valence-corrected chi connectivity index (χ3v) is 2.63. The third-order valence-electron chi connectivity index (χ3n) is 2.35. The second-order valence-electron chi connectivity index (χ2n) is 3.56. The third kappa shape index (κ3) is 1.66. The van der Waals surface area contributed by atoms with E-state index in [-0.39, 0.29) is 0 Å². The number of hydrogen-bond acceptors (Lipinski definition) is 3. The summed E-state index contributed by atoms with van der Waals surface area (Å²) in [6.07, 6.45) is 1.94. The highest BCUT2D eigenvalue weighted by molar-refractivity contribution is 6.32. The molecule has 0 aliphatic carbocycles. The first kappa shape index (κ1) is 10.3. The van der Waals surface area contributed by atoms with E-state index in [1.807, 2.05) is 41.7 Å². The summed E-state index contributed by atoms with van der Waals surface area (Å²) in [4.78, 5) is 6.21. The molecule has 2 rings (SSSR count). The van der Waals surface area contributed by atoms with Crippen LogP contribution in [-0.2, 0) is 6.54 Å². The molecule has 0 saturated heterocycles. The number of imidazole rings is 1. The Balaban J connectivity index is 2.66. The second kappa shape index (κ2) is 3.72. The van der Waals surface area contributed by atoms with E-state index in [4.69, 9.17) is 17.3 Å². The number of halogens is 1. The molecule has 0 aliphatic rings. The Morgan fingerprint density at radius 1 is 1.53 bits per heavy atom. The average Bonchev–Trinajstić information content (AvgIpc) is 2.55. The van der Waals surface area contributed by atoms with Crippen molar-refractivity contribution in [1.29, 1.82) is 0 Å². The van der Waals surface area contributed by atoms with E-state index in [1.165, 1.54) is 0 Å². The Labute approximate surface area is 93.3 Å². The van der Waals surface area contributed by atoms with E-state index >= 15 is 0 Å². The van der Waals surface area contributed by atoms with Gasteiger partial charge in [-0.15, -0.1) is 0 Å². The van der Waals surface area contributed by atoms with Gasteiger partial charge in [-0.2, -0.15) is 0 Å². The summed E-state index contributed by atoms with van der Waals surface area (Å²) >= 11 is 6.03. The van der Waals surface area contributed by atoms with Crippen LogP contribution in [0, 0.1) is 0 Å². The first-order valence-electron chi connectivity index (χ1n) is 4.67. The van der Waals surface area contributed by atoms with Crippen LogP contribution < -0.4 is 10.6 Å². The van der Waals surface area contributed by atoms with Crippen molar-refractivity contribution in [3.63, 3.8) is 0 Å². The molecule has 0 atom stereocenters. The Kier molecular flexibility index (Phi) is 2.54. The Morgan fingerprint density at radius 2 is 2.27 bits per heavy atom. The predicted octanol–water partition coefficient (Wildman–Crippen LogP) is 1.51. The minimum absolute atomic E-state index is 0.384. The summed E-state index contributed by atoms with van der Waals surface area (Å²) in [5.41, 5.74) is 7.56. The fourth-order valence-electron chi connectivity index (χ4n) is 1.52. The summed E-state index contributed by atoms with van der Waals surface area (Å²) in [6, 6.07) is 4.00. The molecule has 15 heavy (non-hydrogen) atoms. The Morgan fingerprint density at radius 3 is 2.87 bits per heavy atom. The van der Waals surface area contributed by atoms with Gasteiger partial charge < -0.3 is 15.0 Å². The van der Waals surface area contributed by atoms with Crippen molar-refractivity contribution in [2.24, 2.45) is 5.73 Å². The number of nitrogens with zero attached hydrogens (tertiary/aromatic N) is 3. The number of nitrogens with two attached hydrogens (primary N) is 1. The standard InChI is InChI=1S/C10H13ClN4/c1-14(2)7-3-4-15-8(5-7)10(11)13-9(15)6-12/h3-5H,6,12H2,1-2H3. The molecule has 4 nitrogen and oxygen atoms in total. The summed E-state index contributed by atoms with van der Waals surface area (Å²) in [7, 11) is 3.97. The van der Waals surface area contributed by atoms with Gasteiger partial charge in [0.1, 0.15) is 5.82 Å². The van der Waals surface area contributed by atoms with E-state index in [0.29, 0.717) is 11.7 Å². The lowest BCUT2D eigenvalue weighted by Crippen LogP contribution is -2.09. The monoisotopic (exact) mass is 224 g/mol. The molecule has 80 valence electrons. The van der Waals surface area contributed by atoms with Crippen LogP contribution >= 0.6 is 11.6 Å². The van der Waals surface area contributed by atoms with Gasteiger partial charge >= 0.3 is 0 Å². The van der Waals surface area contributed by atoms with Crippen molar-refractivity contribution >= 4 is 22.8 Å². The molecule has 0 aromatic carbocycles. The van der Waals surface area contributed by atoms with E-state index < -0.39 is 0 Å². The van der Waals surface area contributed by atoms with Crippen molar-refractivity contribution in [2.45, 2.75) is 6.54 Å². The largest absolute Gasteiger partial charge is 0.378 e. The summed E-state index contributed by atoms with van der Waals surface area (Å²) in [5, 5.41) is 0.499. The number of anilines is 1. The average molecular weight is 225 g/mol. The molecule has 5 heteroatoms. The van der Waals surface area contributed by atoms with Crippen molar-refractivity contribution in [2.75, 3.05) is 19.0 Å². The Bertz CT molecular complexity index is 489. The maximum absolute atomic E-state index is 6.03. The minimum atomic E-state index is 0.384. The van der Waals surface area contributed by atoms with Crippen LogP contribution in [0.15, 0.2) is 18.3 Å². The van der Waals surface area contributed by atoms with Gasteiger partial charge in [0.25, 0.3) is 0 Å². The SMILES string of the molecule is CN(C)c1ccn2c(CN)nc(Cl)c2c1. The molecule has 0 unspecified atom stereocenters. The Hall–Kier alpha value is -1.26. The zero-order valence-electron chi connectivity index (χ0n) is 8.74. The van der Waals surface area contributed by atoms with E-state index in [1.54, 1.807) is 0 Å². The maximum atomic E-state index is 6.03. The van der Waals surface area contributed by atoms with Gasteiger partial charge in [-0.25, -0.2) is 4.98 Å². The summed E-state index contributed by atoms with van der Waals surface area (Å²) in [5.74, 6) is 0.778. The van der Waals surface area contributed by atoms with Crippen LogP contribution in [0.2, 0.25) is 5.15 Å². The van der Waals surface area contributed by atoms with Crippen LogP contribution in [0.3, 0.4) is 0 Å². The lowest BCUT2D eigenvalue weighted by Gasteiger charge is -2.12. The molecule has 0 fully saturated rings. The fraction of sp³-hybridized carbons (Fsp3) is 0.300. The molecule has 2 aromatic rings. The molecule has 2 aromatic heterocycles. The first-order chi connectivity index (χ1) is 7.13. The predicted molar refractivity (Wildman–Crippen MR) is 62.4 cm³/mol. The zero-order valence-corrected chi connectivity index (χ0v) is 9.49. The molecule has 0 spiro atoms. The van der Waals surface area contributed by atoms with Gasteiger partial charge in [0.2, 0.25) is 0 Å². The molecular weight excluding hydrogens is 212 g/mol. The van der Waals surface area contributed by atoms with Crippen molar-refractivity contribution in [3.05, 3.63) is 29.3 Å². The van der Waals surface area contributed by atoms with E-state index in [0.717, 1.165) is 17.0 Å². The number of rotatable bonds is 2. The minimum Gasteiger partial charge on any atom is -0.378 e. The van der Waals surface area contributed by atoms with Crippen molar-refractivity contribution < 1.29 is 0 Å². The maximum Gasteiger partial charge on any atom is 0.155 e. The highest BCUT2D eigenvalue weighted by Crippen LogP contribution is 2.22. The topological polar surface area (TPSA) is 46.6 Å². The van der Waals surface area contributed by atoms with Crippen LogP contribution in [0.25, 0.3) is 5.52 Å². The molecule has 0 aliphatic heterocycles. The quantitative estimate of drug-likeness (QED) is 0.841. The van der Waals surface area contributed by atoms with Crippen LogP contribution in [-0.4, -0.2) is 23.5 Å². The zero-order chi connectivity index (χ0) is 11.0. The first-order valence-corrected chi connectivity index (χ1v) is 5.05. The van der Waals surface area contributed by atoms with Crippen molar-refractivity contribution in [3.8, 4) is 0 Å². The number of fused-ring (bicyclic) bond motifs is 1. The molecule has 0 bridgehead atoms. The normalized spacial score (nSPS) is 10.9. The molecule has 0 radical (unpaired) electrons. The molecule has 0 amide bonds. The fourth-order valence-corrected chi connectivity index (χ4v) is 1.76. The van der Waals surface area contributed by atoms with Crippen LogP contribution in [0.4, 0.5) is 5.69 Å². The van der Waals surface area contributed by atoms with Gasteiger partial charge in [-0.3, -0.25) is 0 Å². The number of hydrogen-bond donors (Lipinski definition) is 1. The smallest absolute Gasteiger partial charge is 0.155 e. The van der Waals surface area contributed by atoms with Crippen LogP contribution in [0.1, 0.15) is 5.82 Å². The highest BCUT2D eigenvalue weighted by atomic mass is 35.5. The van der Waals surface area contributed by atoms with Gasteiger partial charge in [0.15, 0.2) is 5.15 Å². The summed E-state index contributed by atoms with van der Waals surface area (Å²) < 4.78 is 1.91.